The molecule has 0 aliphatic rings. The van der Waals surface area contributed by atoms with Crippen molar-refractivity contribution in [1.29, 1.82) is 0 Å². The normalized spacial score (nSPS) is 11.0. The van der Waals surface area contributed by atoms with Gasteiger partial charge >= 0.3 is 17.9 Å². The number of unbranched alkanes of at least 4 members (excludes halogenated alkanes) is 1. The van der Waals surface area contributed by atoms with Crippen LogP contribution in [0, 0.1) is 13.8 Å². The van der Waals surface area contributed by atoms with Gasteiger partial charge in [-0.15, -0.1) is 0 Å². The molecule has 2 aromatic carbocycles. The fraction of sp³-hybridized carbons (Fsp3) is 0.231. The van der Waals surface area contributed by atoms with Gasteiger partial charge in [-0.25, -0.2) is 14.4 Å². The maximum absolute atomic E-state index is 12.0. The number of rotatable bonds is 9. The number of carbonyl (C=O) groups excluding carboxylic acids is 1. The van der Waals surface area contributed by atoms with Crippen molar-refractivity contribution in [3.63, 3.8) is 0 Å². The number of aliphatic imine (C=N–C) groups is 1. The first-order valence-corrected chi connectivity index (χ1v) is 10.8. The number of esters is 1. The van der Waals surface area contributed by atoms with Crippen LogP contribution in [0.15, 0.2) is 53.5 Å². The van der Waals surface area contributed by atoms with E-state index in [4.69, 9.17) is 4.74 Å². The summed E-state index contributed by atoms with van der Waals surface area (Å²) in [6.07, 6.45) is 3.45. The minimum Gasteiger partial charge on any atom is -0.478 e. The third kappa shape index (κ3) is 5.58. The van der Waals surface area contributed by atoms with Crippen molar-refractivity contribution in [3.8, 4) is 5.69 Å². The quantitative estimate of drug-likeness (QED) is 0.256. The molecule has 8 heteroatoms. The average Bonchev–Trinajstić information content (AvgIpc) is 3.10. The van der Waals surface area contributed by atoms with Gasteiger partial charge in [-0.1, -0.05) is 13.3 Å². The zero-order valence-electron chi connectivity index (χ0n) is 19.2. The summed E-state index contributed by atoms with van der Waals surface area (Å²) in [6, 6.07) is 12.7. The number of aromatic carboxylic acids is 2. The Labute approximate surface area is 197 Å². The molecule has 0 amide bonds. The monoisotopic (exact) mass is 462 g/mol. The number of nitrogens with zero attached hydrogens (tertiary/aromatic N) is 2. The van der Waals surface area contributed by atoms with Crippen LogP contribution in [-0.2, 0) is 4.74 Å². The summed E-state index contributed by atoms with van der Waals surface area (Å²) in [5.41, 5.74) is 3.70. The van der Waals surface area contributed by atoms with Gasteiger partial charge in [0, 0.05) is 28.9 Å². The van der Waals surface area contributed by atoms with Crippen LogP contribution in [0.5, 0.6) is 0 Å². The van der Waals surface area contributed by atoms with E-state index in [0.717, 1.165) is 35.9 Å². The fourth-order valence-corrected chi connectivity index (χ4v) is 3.52. The van der Waals surface area contributed by atoms with Gasteiger partial charge in [0.2, 0.25) is 0 Å². The number of aromatic nitrogens is 1. The van der Waals surface area contributed by atoms with Crippen LogP contribution < -0.4 is 0 Å². The van der Waals surface area contributed by atoms with Gasteiger partial charge in [0.05, 0.1) is 29.0 Å². The number of carboxylic acids is 2. The first-order valence-electron chi connectivity index (χ1n) is 10.8. The molecule has 3 aromatic rings. The minimum atomic E-state index is -1.20. The Balaban J connectivity index is 1.86. The van der Waals surface area contributed by atoms with E-state index >= 15 is 0 Å². The molecule has 1 aromatic heterocycles. The van der Waals surface area contributed by atoms with Crippen LogP contribution in [0.3, 0.4) is 0 Å². The summed E-state index contributed by atoms with van der Waals surface area (Å²) in [7, 11) is 0. The van der Waals surface area contributed by atoms with Crippen LogP contribution in [0.4, 0.5) is 5.69 Å². The van der Waals surface area contributed by atoms with E-state index in [0.29, 0.717) is 23.5 Å². The molecule has 0 radical (unpaired) electrons. The van der Waals surface area contributed by atoms with E-state index in [-0.39, 0.29) is 17.1 Å². The summed E-state index contributed by atoms with van der Waals surface area (Å²) < 4.78 is 6.99. The van der Waals surface area contributed by atoms with Crippen molar-refractivity contribution >= 4 is 29.8 Å². The van der Waals surface area contributed by atoms with Crippen molar-refractivity contribution < 1.29 is 29.3 Å². The van der Waals surface area contributed by atoms with E-state index in [9.17, 15) is 24.6 Å². The van der Waals surface area contributed by atoms with E-state index in [1.54, 1.807) is 35.0 Å². The Bertz CT molecular complexity index is 1220. The highest BCUT2D eigenvalue weighted by Crippen LogP contribution is 2.23. The van der Waals surface area contributed by atoms with Crippen LogP contribution in [0.2, 0.25) is 0 Å². The standard InChI is InChI=1S/C26H26N2O6/c1-4-5-10-34-26(33)18-6-8-22(9-7-18)27-15-21-11-16(2)28(17(21)3)23-13-19(24(29)30)12-20(14-23)25(31)32/h6-9,11-15H,4-5,10H2,1-3H3,(H,29,30)(H,31,32). The Kier molecular flexibility index (Phi) is 7.63. The summed E-state index contributed by atoms with van der Waals surface area (Å²) in [5, 5.41) is 18.7. The smallest absolute Gasteiger partial charge is 0.338 e. The highest BCUT2D eigenvalue weighted by atomic mass is 16.5. The van der Waals surface area contributed by atoms with Gasteiger partial charge < -0.3 is 19.5 Å². The van der Waals surface area contributed by atoms with Gasteiger partial charge in [-0.2, -0.15) is 0 Å². The van der Waals surface area contributed by atoms with Crippen molar-refractivity contribution in [2.75, 3.05) is 6.61 Å². The maximum Gasteiger partial charge on any atom is 0.338 e. The number of hydrogen-bond acceptors (Lipinski definition) is 5. The lowest BCUT2D eigenvalue weighted by atomic mass is 10.1. The second kappa shape index (κ2) is 10.6. The van der Waals surface area contributed by atoms with Crippen molar-refractivity contribution in [1.82, 2.24) is 4.57 Å². The first-order chi connectivity index (χ1) is 16.2. The molecular formula is C26H26N2O6. The molecule has 0 spiro atoms. The Hall–Kier alpha value is -4.20. The van der Waals surface area contributed by atoms with Gasteiger partial charge in [0.1, 0.15) is 0 Å². The predicted octanol–water partition coefficient (Wildman–Crippen LogP) is 5.20. The van der Waals surface area contributed by atoms with Gasteiger partial charge in [-0.05, 0) is 68.8 Å². The van der Waals surface area contributed by atoms with Crippen LogP contribution in [0.1, 0.15) is 67.8 Å². The number of aryl methyl sites for hydroxylation is 1. The number of hydrogen-bond donors (Lipinski definition) is 2. The molecule has 1 heterocycles. The fourth-order valence-electron chi connectivity index (χ4n) is 3.52. The second-order valence-electron chi connectivity index (χ2n) is 7.84. The number of carboxylic acid groups (broad SMARTS) is 2. The highest BCUT2D eigenvalue weighted by molar-refractivity contribution is 5.95. The van der Waals surface area contributed by atoms with Crippen molar-refractivity contribution in [2.45, 2.75) is 33.6 Å². The molecule has 2 N–H and O–H groups in total. The molecule has 0 saturated carbocycles. The second-order valence-corrected chi connectivity index (χ2v) is 7.84. The lowest BCUT2D eigenvalue weighted by Crippen LogP contribution is -2.07. The zero-order valence-corrected chi connectivity index (χ0v) is 19.2. The van der Waals surface area contributed by atoms with E-state index in [1.807, 2.05) is 26.8 Å². The molecule has 0 saturated heterocycles. The molecule has 0 unspecified atom stereocenters. The molecule has 0 atom stereocenters. The third-order valence-corrected chi connectivity index (χ3v) is 5.33. The van der Waals surface area contributed by atoms with E-state index < -0.39 is 11.9 Å². The Morgan fingerprint density at radius 2 is 1.56 bits per heavy atom. The van der Waals surface area contributed by atoms with Crippen molar-refractivity contribution in [2.24, 2.45) is 4.99 Å². The topological polar surface area (TPSA) is 118 Å². The maximum atomic E-state index is 12.0. The molecule has 0 aliphatic carbocycles. The molecular weight excluding hydrogens is 436 g/mol. The van der Waals surface area contributed by atoms with Crippen molar-refractivity contribution in [3.05, 3.63) is 82.2 Å². The van der Waals surface area contributed by atoms with Gasteiger partial charge in [0.25, 0.3) is 0 Å². The summed E-state index contributed by atoms with van der Waals surface area (Å²) in [4.78, 5) is 39.4. The van der Waals surface area contributed by atoms with E-state index in [2.05, 4.69) is 4.99 Å². The lowest BCUT2D eigenvalue weighted by molar-refractivity contribution is 0.0499. The Morgan fingerprint density at radius 1 is 0.941 bits per heavy atom. The number of benzene rings is 2. The summed E-state index contributed by atoms with van der Waals surface area (Å²) in [5.74, 6) is -2.77. The lowest BCUT2D eigenvalue weighted by Gasteiger charge is -2.12. The van der Waals surface area contributed by atoms with Crippen LogP contribution >= 0.6 is 0 Å². The number of ether oxygens (including phenoxy) is 1. The third-order valence-electron chi connectivity index (χ3n) is 5.33. The van der Waals surface area contributed by atoms with E-state index in [1.165, 1.54) is 12.1 Å². The molecule has 34 heavy (non-hydrogen) atoms. The molecule has 0 aliphatic heterocycles. The summed E-state index contributed by atoms with van der Waals surface area (Å²) in [6.45, 7) is 6.11. The SMILES string of the molecule is CCCCOC(=O)c1ccc(N=Cc2cc(C)n(-c3cc(C(=O)O)cc(C(=O)O)c3)c2C)cc1. The Morgan fingerprint density at radius 3 is 2.12 bits per heavy atom. The largest absolute Gasteiger partial charge is 0.478 e. The zero-order chi connectivity index (χ0) is 24.8. The highest BCUT2D eigenvalue weighted by Gasteiger charge is 2.16. The van der Waals surface area contributed by atoms with Gasteiger partial charge in [-0.3, -0.25) is 4.99 Å². The van der Waals surface area contributed by atoms with Crippen LogP contribution in [0.25, 0.3) is 5.69 Å². The molecule has 0 fully saturated rings. The average molecular weight is 463 g/mol. The molecule has 3 rings (SSSR count). The van der Waals surface area contributed by atoms with Gasteiger partial charge in [0.15, 0.2) is 0 Å². The molecule has 8 nitrogen and oxygen atoms in total. The van der Waals surface area contributed by atoms with Crippen LogP contribution in [-0.4, -0.2) is 45.5 Å². The predicted molar refractivity (Wildman–Crippen MR) is 128 cm³/mol. The minimum absolute atomic E-state index is 0.106. The first kappa shape index (κ1) is 24.4. The number of carbonyl (C=O) groups is 3. The summed E-state index contributed by atoms with van der Waals surface area (Å²) >= 11 is 0. The molecule has 176 valence electrons. The molecule has 0 bridgehead atoms.